The molecule has 0 aliphatic carbocycles. The van der Waals surface area contributed by atoms with Crippen LogP contribution in [0.25, 0.3) is 11.1 Å². The summed E-state index contributed by atoms with van der Waals surface area (Å²) < 4.78 is 5.18. The van der Waals surface area contributed by atoms with E-state index in [4.69, 9.17) is 4.74 Å². The lowest BCUT2D eigenvalue weighted by molar-refractivity contribution is 0.163. The molecule has 0 saturated heterocycles. The molecule has 0 fully saturated rings. The van der Waals surface area contributed by atoms with Gasteiger partial charge in [0.2, 0.25) is 0 Å². The minimum absolute atomic E-state index is 0.346. The zero-order chi connectivity index (χ0) is 15.8. The SMILES string of the molecule is CCCCCC[C@H](O)c1ccc(-c2ccc(OC)cc2)cc1. The molecule has 0 aliphatic rings. The van der Waals surface area contributed by atoms with E-state index in [0.29, 0.717) is 0 Å². The molecule has 22 heavy (non-hydrogen) atoms. The third kappa shape index (κ3) is 4.60. The Morgan fingerprint density at radius 1 is 0.864 bits per heavy atom. The Morgan fingerprint density at radius 2 is 1.45 bits per heavy atom. The summed E-state index contributed by atoms with van der Waals surface area (Å²) in [5, 5.41) is 10.2. The van der Waals surface area contributed by atoms with Gasteiger partial charge in [-0.15, -0.1) is 0 Å². The summed E-state index contributed by atoms with van der Waals surface area (Å²) >= 11 is 0. The number of rotatable bonds is 8. The van der Waals surface area contributed by atoms with Crippen LogP contribution in [0.2, 0.25) is 0 Å². The number of methoxy groups -OCH3 is 1. The summed E-state index contributed by atoms with van der Waals surface area (Å²) in [7, 11) is 1.67. The number of unbranched alkanes of at least 4 members (excludes halogenated alkanes) is 3. The van der Waals surface area contributed by atoms with Crippen LogP contribution in [0.1, 0.15) is 50.7 Å². The fourth-order valence-corrected chi connectivity index (χ4v) is 2.61. The van der Waals surface area contributed by atoms with Crippen molar-refractivity contribution >= 4 is 0 Å². The summed E-state index contributed by atoms with van der Waals surface area (Å²) in [6.45, 7) is 2.20. The minimum atomic E-state index is -0.346. The van der Waals surface area contributed by atoms with Gasteiger partial charge >= 0.3 is 0 Å². The monoisotopic (exact) mass is 298 g/mol. The molecule has 0 amide bonds. The van der Waals surface area contributed by atoms with Crippen molar-refractivity contribution in [3.8, 4) is 16.9 Å². The Labute approximate surface area is 133 Å². The van der Waals surface area contributed by atoms with E-state index in [2.05, 4.69) is 31.2 Å². The molecule has 0 aromatic heterocycles. The number of hydrogen-bond acceptors (Lipinski definition) is 2. The lowest BCUT2D eigenvalue weighted by Crippen LogP contribution is -1.97. The highest BCUT2D eigenvalue weighted by Gasteiger charge is 2.07. The van der Waals surface area contributed by atoms with Crippen LogP contribution >= 0.6 is 0 Å². The van der Waals surface area contributed by atoms with Crippen LogP contribution in [-0.4, -0.2) is 12.2 Å². The zero-order valence-electron chi connectivity index (χ0n) is 13.6. The quantitative estimate of drug-likeness (QED) is 0.664. The number of ether oxygens (including phenoxy) is 1. The lowest BCUT2D eigenvalue weighted by atomic mass is 9.99. The standard InChI is InChI=1S/C20H26O2/c1-3-4-5-6-7-20(21)18-10-8-16(9-11-18)17-12-14-19(22-2)15-13-17/h8-15,20-21H,3-7H2,1-2H3/t20-/m0/s1. The number of aliphatic hydroxyl groups is 1. The first-order chi connectivity index (χ1) is 10.7. The molecule has 0 bridgehead atoms. The molecule has 0 radical (unpaired) electrons. The highest BCUT2D eigenvalue weighted by Crippen LogP contribution is 2.26. The maximum atomic E-state index is 10.2. The molecule has 0 saturated carbocycles. The summed E-state index contributed by atoms with van der Waals surface area (Å²) in [5.41, 5.74) is 3.32. The van der Waals surface area contributed by atoms with Gasteiger partial charge in [0.25, 0.3) is 0 Å². The number of hydrogen-bond donors (Lipinski definition) is 1. The van der Waals surface area contributed by atoms with Crippen molar-refractivity contribution in [2.45, 2.75) is 45.1 Å². The molecular formula is C20H26O2. The molecule has 2 nitrogen and oxygen atoms in total. The van der Waals surface area contributed by atoms with Gasteiger partial charge in [0.05, 0.1) is 13.2 Å². The van der Waals surface area contributed by atoms with Crippen molar-refractivity contribution in [2.24, 2.45) is 0 Å². The largest absolute Gasteiger partial charge is 0.497 e. The van der Waals surface area contributed by atoms with Gasteiger partial charge in [-0.1, -0.05) is 69.0 Å². The third-order valence-electron chi connectivity index (χ3n) is 4.05. The van der Waals surface area contributed by atoms with Crippen LogP contribution in [0.15, 0.2) is 48.5 Å². The Kier molecular flexibility index (Phi) is 6.47. The maximum Gasteiger partial charge on any atom is 0.118 e. The fraction of sp³-hybridized carbons (Fsp3) is 0.400. The topological polar surface area (TPSA) is 29.5 Å². The third-order valence-corrected chi connectivity index (χ3v) is 4.05. The maximum absolute atomic E-state index is 10.2. The van der Waals surface area contributed by atoms with Gasteiger partial charge in [0.1, 0.15) is 5.75 Å². The first kappa shape index (κ1) is 16.6. The molecule has 0 spiro atoms. The van der Waals surface area contributed by atoms with E-state index in [0.717, 1.165) is 35.3 Å². The van der Waals surface area contributed by atoms with E-state index >= 15 is 0 Å². The first-order valence-corrected chi connectivity index (χ1v) is 8.17. The van der Waals surface area contributed by atoms with Gasteiger partial charge in [-0.2, -0.15) is 0 Å². The molecule has 0 unspecified atom stereocenters. The van der Waals surface area contributed by atoms with Crippen molar-refractivity contribution in [1.82, 2.24) is 0 Å². The molecular weight excluding hydrogens is 272 g/mol. The summed E-state index contributed by atoms with van der Waals surface area (Å²) in [6, 6.07) is 16.2. The van der Waals surface area contributed by atoms with Crippen molar-refractivity contribution in [2.75, 3.05) is 7.11 Å². The van der Waals surface area contributed by atoms with Crippen molar-refractivity contribution in [3.63, 3.8) is 0 Å². The van der Waals surface area contributed by atoms with Gasteiger partial charge in [-0.3, -0.25) is 0 Å². The highest BCUT2D eigenvalue weighted by molar-refractivity contribution is 5.64. The molecule has 0 aliphatic heterocycles. The first-order valence-electron chi connectivity index (χ1n) is 8.17. The summed E-state index contributed by atoms with van der Waals surface area (Å²) in [4.78, 5) is 0. The van der Waals surface area contributed by atoms with Gasteiger partial charge in [-0.25, -0.2) is 0 Å². The van der Waals surface area contributed by atoms with Crippen LogP contribution in [0.5, 0.6) is 5.75 Å². The Morgan fingerprint density at radius 3 is 2.00 bits per heavy atom. The number of benzene rings is 2. The Bertz CT molecular complexity index is 543. The highest BCUT2D eigenvalue weighted by atomic mass is 16.5. The van der Waals surface area contributed by atoms with Crippen LogP contribution in [0.3, 0.4) is 0 Å². The van der Waals surface area contributed by atoms with Crippen molar-refractivity contribution in [1.29, 1.82) is 0 Å². The molecule has 2 heteroatoms. The molecule has 2 rings (SSSR count). The second-order valence-electron chi connectivity index (χ2n) is 5.72. The van der Waals surface area contributed by atoms with Crippen molar-refractivity contribution in [3.05, 3.63) is 54.1 Å². The average Bonchev–Trinajstić information content (AvgIpc) is 2.59. The smallest absolute Gasteiger partial charge is 0.118 e. The van der Waals surface area contributed by atoms with E-state index in [1.165, 1.54) is 19.3 Å². The van der Waals surface area contributed by atoms with E-state index < -0.39 is 0 Å². The Hall–Kier alpha value is -1.80. The van der Waals surface area contributed by atoms with Crippen LogP contribution in [0.4, 0.5) is 0 Å². The summed E-state index contributed by atoms with van der Waals surface area (Å²) in [5.74, 6) is 0.864. The second-order valence-corrected chi connectivity index (χ2v) is 5.72. The minimum Gasteiger partial charge on any atom is -0.497 e. The molecule has 118 valence electrons. The second kappa shape index (κ2) is 8.60. The Balaban J connectivity index is 1.96. The predicted octanol–water partition coefficient (Wildman–Crippen LogP) is 5.37. The average molecular weight is 298 g/mol. The molecule has 1 N–H and O–H groups in total. The molecule has 0 heterocycles. The fourth-order valence-electron chi connectivity index (χ4n) is 2.61. The molecule has 1 atom stereocenters. The van der Waals surface area contributed by atoms with Crippen molar-refractivity contribution < 1.29 is 9.84 Å². The van der Waals surface area contributed by atoms with Crippen LogP contribution in [0, 0.1) is 0 Å². The zero-order valence-corrected chi connectivity index (χ0v) is 13.6. The lowest BCUT2D eigenvalue weighted by Gasteiger charge is -2.12. The van der Waals surface area contributed by atoms with E-state index in [-0.39, 0.29) is 6.10 Å². The number of aliphatic hydroxyl groups excluding tert-OH is 1. The van der Waals surface area contributed by atoms with Gasteiger partial charge < -0.3 is 9.84 Å². The van der Waals surface area contributed by atoms with E-state index in [1.54, 1.807) is 7.11 Å². The normalized spacial score (nSPS) is 12.1. The molecule has 2 aromatic rings. The van der Waals surface area contributed by atoms with Gasteiger partial charge in [0, 0.05) is 0 Å². The van der Waals surface area contributed by atoms with E-state index in [1.807, 2.05) is 24.3 Å². The summed E-state index contributed by atoms with van der Waals surface area (Å²) in [6.07, 6.45) is 5.28. The van der Waals surface area contributed by atoms with Gasteiger partial charge in [-0.05, 0) is 35.2 Å². The predicted molar refractivity (Wildman–Crippen MR) is 92.1 cm³/mol. The molecule has 2 aromatic carbocycles. The van der Waals surface area contributed by atoms with E-state index in [9.17, 15) is 5.11 Å². The van der Waals surface area contributed by atoms with Gasteiger partial charge in [0.15, 0.2) is 0 Å². The van der Waals surface area contributed by atoms with Crippen LogP contribution < -0.4 is 4.74 Å². The van der Waals surface area contributed by atoms with Crippen LogP contribution in [-0.2, 0) is 0 Å².